The van der Waals surface area contributed by atoms with E-state index < -0.39 is 30.7 Å². The number of carboxylic acids is 1. The van der Waals surface area contributed by atoms with E-state index in [1.807, 2.05) is 0 Å². The van der Waals surface area contributed by atoms with Gasteiger partial charge in [-0.2, -0.15) is 13.2 Å². The van der Waals surface area contributed by atoms with Gasteiger partial charge in [0.15, 0.2) is 6.10 Å². The van der Waals surface area contributed by atoms with Crippen molar-refractivity contribution >= 4 is 40.9 Å². The molecule has 0 bridgehead atoms. The third kappa shape index (κ3) is 12.8. The van der Waals surface area contributed by atoms with Gasteiger partial charge in [0.05, 0.1) is 23.9 Å². The lowest BCUT2D eigenvalue weighted by Crippen LogP contribution is -2.40. The van der Waals surface area contributed by atoms with Gasteiger partial charge in [-0.15, -0.1) is 0 Å². The van der Waals surface area contributed by atoms with Gasteiger partial charge in [-0.25, -0.2) is 9.59 Å². The Morgan fingerprint density at radius 1 is 1.05 bits per heavy atom. The molecule has 216 valence electrons. The highest BCUT2D eigenvalue weighted by atomic mass is 35.5. The van der Waals surface area contributed by atoms with Crippen molar-refractivity contribution < 1.29 is 42.1 Å². The molecule has 0 aliphatic heterocycles. The van der Waals surface area contributed by atoms with Crippen LogP contribution in [0.25, 0.3) is 0 Å². The van der Waals surface area contributed by atoms with Crippen LogP contribution in [0.15, 0.2) is 42.5 Å². The smallest absolute Gasteiger partial charge is 0.389 e. The fourth-order valence-corrected chi connectivity index (χ4v) is 3.84. The third-order valence-electron chi connectivity index (χ3n) is 5.33. The van der Waals surface area contributed by atoms with Crippen molar-refractivity contribution in [1.82, 2.24) is 4.90 Å². The number of amides is 2. The zero-order chi connectivity index (χ0) is 28.8. The molecule has 0 aliphatic carbocycles. The fourth-order valence-electron chi connectivity index (χ4n) is 3.38. The summed E-state index contributed by atoms with van der Waals surface area (Å²) in [5.41, 5.74) is 1.09. The maximum absolute atomic E-state index is 12.9. The standard InChI is InChI=1S/C26H31Cl2F3N2O6/c1-2-38-23(24(34)35)16-18-4-7-20(8-5-18)39-15-12-33(11-14-37-13-3-10-26(29,30)31)25(36)32-22-9-6-19(27)17-21(22)28/h4-9,17,23H,2-3,10-16H2,1H3,(H,32,36)(H,34,35). The number of hydrogen-bond donors (Lipinski definition) is 2. The highest BCUT2D eigenvalue weighted by Gasteiger charge is 2.26. The number of alkyl halides is 3. The average molecular weight is 595 g/mol. The van der Waals surface area contributed by atoms with Crippen molar-refractivity contribution in [2.75, 3.05) is 44.8 Å². The molecule has 0 fully saturated rings. The number of halogens is 5. The van der Waals surface area contributed by atoms with Crippen molar-refractivity contribution in [2.24, 2.45) is 0 Å². The third-order valence-corrected chi connectivity index (χ3v) is 5.88. The minimum atomic E-state index is -4.25. The van der Waals surface area contributed by atoms with E-state index in [4.69, 9.17) is 37.4 Å². The van der Waals surface area contributed by atoms with Crippen molar-refractivity contribution in [1.29, 1.82) is 0 Å². The van der Waals surface area contributed by atoms with E-state index in [1.54, 1.807) is 43.3 Å². The summed E-state index contributed by atoms with van der Waals surface area (Å²) in [7, 11) is 0. The van der Waals surface area contributed by atoms with Gasteiger partial charge in [-0.05, 0) is 49.2 Å². The Balaban J connectivity index is 1.93. The van der Waals surface area contributed by atoms with Gasteiger partial charge >= 0.3 is 18.2 Å². The molecule has 0 aliphatic rings. The molecular weight excluding hydrogens is 564 g/mol. The molecule has 0 spiro atoms. The molecule has 13 heteroatoms. The Hall–Kier alpha value is -2.73. The van der Waals surface area contributed by atoms with Crippen LogP contribution in [-0.2, 0) is 20.7 Å². The van der Waals surface area contributed by atoms with Crippen molar-refractivity contribution in [3.8, 4) is 5.75 Å². The lowest BCUT2D eigenvalue weighted by Gasteiger charge is -2.23. The summed E-state index contributed by atoms with van der Waals surface area (Å²) < 4.78 is 53.2. The number of carboxylic acid groups (broad SMARTS) is 1. The molecule has 2 aromatic carbocycles. The van der Waals surface area contributed by atoms with Crippen LogP contribution < -0.4 is 10.1 Å². The minimum absolute atomic E-state index is 0.0267. The predicted octanol–water partition coefficient (Wildman–Crippen LogP) is 6.30. The maximum Gasteiger partial charge on any atom is 0.389 e. The molecular formula is C26H31Cl2F3N2O6. The molecule has 39 heavy (non-hydrogen) atoms. The number of carbonyl (C=O) groups excluding carboxylic acids is 1. The van der Waals surface area contributed by atoms with Crippen molar-refractivity contribution in [3.63, 3.8) is 0 Å². The molecule has 1 unspecified atom stereocenters. The number of aliphatic carboxylic acids is 1. The zero-order valence-corrected chi connectivity index (χ0v) is 22.8. The van der Waals surface area contributed by atoms with Gasteiger partial charge in [0, 0.05) is 37.6 Å². The largest absolute Gasteiger partial charge is 0.492 e. The Morgan fingerprint density at radius 2 is 1.74 bits per heavy atom. The fraction of sp³-hybridized carbons (Fsp3) is 0.462. The molecule has 8 nitrogen and oxygen atoms in total. The first-order chi connectivity index (χ1) is 18.5. The van der Waals surface area contributed by atoms with E-state index in [2.05, 4.69) is 5.32 Å². The first-order valence-corrected chi connectivity index (χ1v) is 13.0. The molecule has 0 saturated heterocycles. The maximum atomic E-state index is 12.9. The van der Waals surface area contributed by atoms with Crippen LogP contribution in [0.1, 0.15) is 25.3 Å². The lowest BCUT2D eigenvalue weighted by atomic mass is 10.1. The van der Waals surface area contributed by atoms with Crippen LogP contribution in [0.4, 0.5) is 23.7 Å². The summed E-state index contributed by atoms with van der Waals surface area (Å²) >= 11 is 12.0. The summed E-state index contributed by atoms with van der Waals surface area (Å²) in [6.07, 6.45) is -6.11. The normalized spacial score (nSPS) is 12.2. The van der Waals surface area contributed by atoms with Gasteiger partial charge in [-0.3, -0.25) is 0 Å². The summed E-state index contributed by atoms with van der Waals surface area (Å²) in [6, 6.07) is 10.9. The molecule has 2 N–H and O–H groups in total. The molecule has 2 amide bonds. The van der Waals surface area contributed by atoms with Gasteiger partial charge in [0.25, 0.3) is 0 Å². The second-order valence-corrected chi connectivity index (χ2v) is 9.19. The predicted molar refractivity (Wildman–Crippen MR) is 142 cm³/mol. The number of ether oxygens (including phenoxy) is 3. The number of nitrogens with zero attached hydrogens (tertiary/aromatic N) is 1. The van der Waals surface area contributed by atoms with E-state index in [-0.39, 0.29) is 57.4 Å². The molecule has 0 heterocycles. The first-order valence-electron chi connectivity index (χ1n) is 12.2. The minimum Gasteiger partial charge on any atom is -0.492 e. The van der Waals surface area contributed by atoms with Crippen LogP contribution in [0.2, 0.25) is 10.0 Å². The second kappa shape index (κ2) is 16.4. The summed E-state index contributed by atoms with van der Waals surface area (Å²) in [5.74, 6) is -0.536. The lowest BCUT2D eigenvalue weighted by molar-refractivity contribution is -0.150. The van der Waals surface area contributed by atoms with E-state index in [1.165, 1.54) is 11.0 Å². The van der Waals surface area contributed by atoms with Gasteiger partial charge in [0.2, 0.25) is 0 Å². The van der Waals surface area contributed by atoms with E-state index in [0.29, 0.717) is 16.5 Å². The topological polar surface area (TPSA) is 97.3 Å². The first kappa shape index (κ1) is 32.5. The highest BCUT2D eigenvalue weighted by molar-refractivity contribution is 6.36. The van der Waals surface area contributed by atoms with Crippen LogP contribution in [-0.4, -0.2) is 73.8 Å². The van der Waals surface area contributed by atoms with Crippen molar-refractivity contribution in [3.05, 3.63) is 58.1 Å². The monoisotopic (exact) mass is 594 g/mol. The Labute approximate surface area is 234 Å². The molecule has 0 aromatic heterocycles. The molecule has 1 atom stereocenters. The Bertz CT molecular complexity index is 1060. The average Bonchev–Trinajstić information content (AvgIpc) is 2.86. The number of urea groups is 1. The van der Waals surface area contributed by atoms with E-state index in [9.17, 15) is 27.9 Å². The number of hydrogen-bond acceptors (Lipinski definition) is 5. The number of anilines is 1. The number of benzene rings is 2. The van der Waals surface area contributed by atoms with Crippen LogP contribution in [0.3, 0.4) is 0 Å². The molecule has 2 aromatic rings. The molecule has 0 radical (unpaired) electrons. The van der Waals surface area contributed by atoms with Crippen molar-refractivity contribution in [2.45, 2.75) is 38.5 Å². The molecule has 2 rings (SSSR count). The summed E-state index contributed by atoms with van der Waals surface area (Å²) in [6.45, 7) is 2.28. The highest BCUT2D eigenvalue weighted by Crippen LogP contribution is 2.26. The van der Waals surface area contributed by atoms with Crippen LogP contribution in [0, 0.1) is 0 Å². The number of nitrogens with one attached hydrogen (secondary N) is 1. The number of rotatable bonds is 16. The van der Waals surface area contributed by atoms with Crippen LogP contribution in [0.5, 0.6) is 5.75 Å². The van der Waals surface area contributed by atoms with Gasteiger partial charge < -0.3 is 29.5 Å². The van der Waals surface area contributed by atoms with Crippen LogP contribution >= 0.6 is 23.2 Å². The summed E-state index contributed by atoms with van der Waals surface area (Å²) in [4.78, 5) is 25.6. The quantitative estimate of drug-likeness (QED) is 0.221. The Morgan fingerprint density at radius 3 is 2.36 bits per heavy atom. The molecule has 0 saturated carbocycles. The summed E-state index contributed by atoms with van der Waals surface area (Å²) in [5, 5.41) is 12.6. The SMILES string of the molecule is CCOC(Cc1ccc(OCCN(CCOCCCC(F)(F)F)C(=O)Nc2ccc(Cl)cc2Cl)cc1)C(=O)O. The van der Waals surface area contributed by atoms with E-state index >= 15 is 0 Å². The zero-order valence-electron chi connectivity index (χ0n) is 21.3. The second-order valence-electron chi connectivity index (χ2n) is 8.35. The van der Waals surface area contributed by atoms with Gasteiger partial charge in [-0.1, -0.05) is 35.3 Å². The van der Waals surface area contributed by atoms with E-state index in [0.717, 1.165) is 5.56 Å². The Kier molecular flexibility index (Phi) is 13.7. The number of carbonyl (C=O) groups is 2. The van der Waals surface area contributed by atoms with Gasteiger partial charge in [0.1, 0.15) is 12.4 Å².